The summed E-state index contributed by atoms with van der Waals surface area (Å²) in [5.74, 6) is 0.358. The molecule has 1 aliphatic heterocycles. The molecule has 2 heterocycles. The molecule has 1 aliphatic rings. The van der Waals surface area contributed by atoms with E-state index in [9.17, 15) is 4.39 Å². The molecule has 6 nitrogen and oxygen atoms in total. The van der Waals surface area contributed by atoms with Gasteiger partial charge in [0.05, 0.1) is 18.3 Å². The highest BCUT2D eigenvalue weighted by molar-refractivity contribution is 5.51. The second-order valence-electron chi connectivity index (χ2n) is 6.21. The van der Waals surface area contributed by atoms with Gasteiger partial charge in [-0.05, 0) is 43.6 Å². The van der Waals surface area contributed by atoms with Gasteiger partial charge in [-0.1, -0.05) is 5.11 Å². The lowest BCUT2D eigenvalue weighted by molar-refractivity contribution is 0.124. The minimum Gasteiger partial charge on any atom is -0.486 e. The molecule has 2 unspecified atom stereocenters. The van der Waals surface area contributed by atoms with Crippen molar-refractivity contribution >= 4 is 5.69 Å². The van der Waals surface area contributed by atoms with Gasteiger partial charge in [-0.2, -0.15) is 0 Å². The molecule has 3 rings (SSSR count). The smallest absolute Gasteiger partial charge is 0.128 e. The zero-order chi connectivity index (χ0) is 17.2. The Kier molecular flexibility index (Phi) is 4.27. The SMILES string of the molecule is CC(Nc1cccnc1)c1cc(F)cc2c1OC(C)(CN=[N+]=[N-])C2. The Morgan fingerprint density at radius 2 is 2.38 bits per heavy atom. The summed E-state index contributed by atoms with van der Waals surface area (Å²) in [6.07, 6.45) is 3.91. The molecule has 2 aromatic rings. The molecule has 0 bridgehead atoms. The molecule has 0 saturated heterocycles. The quantitative estimate of drug-likeness (QED) is 0.502. The van der Waals surface area contributed by atoms with E-state index in [4.69, 9.17) is 10.3 Å². The van der Waals surface area contributed by atoms with Gasteiger partial charge in [0.25, 0.3) is 0 Å². The average molecular weight is 327 g/mol. The molecule has 0 aliphatic carbocycles. The van der Waals surface area contributed by atoms with Gasteiger partial charge in [0, 0.05) is 34.9 Å². The van der Waals surface area contributed by atoms with Crippen LogP contribution in [0.1, 0.15) is 31.0 Å². The van der Waals surface area contributed by atoms with E-state index in [1.54, 1.807) is 12.4 Å². The number of aromatic nitrogens is 1. The van der Waals surface area contributed by atoms with Crippen molar-refractivity contribution in [2.45, 2.75) is 31.9 Å². The summed E-state index contributed by atoms with van der Waals surface area (Å²) < 4.78 is 20.1. The standard InChI is InChI=1S/C17H18FN5O/c1-11(22-14-4-3-5-20-9-14)15-7-13(18)6-12-8-17(2,10-21-23-19)24-16(12)15/h3-7,9,11,22H,8,10H2,1-2H3. The van der Waals surface area contributed by atoms with E-state index in [1.165, 1.54) is 12.1 Å². The first-order valence-corrected chi connectivity index (χ1v) is 7.69. The molecule has 1 N–H and O–H groups in total. The van der Waals surface area contributed by atoms with Crippen molar-refractivity contribution < 1.29 is 9.13 Å². The van der Waals surface area contributed by atoms with Crippen LogP contribution in [0, 0.1) is 5.82 Å². The molecule has 124 valence electrons. The molecule has 0 radical (unpaired) electrons. The van der Waals surface area contributed by atoms with E-state index < -0.39 is 5.60 Å². The molecule has 2 atom stereocenters. The summed E-state index contributed by atoms with van der Waals surface area (Å²) in [4.78, 5) is 6.85. The van der Waals surface area contributed by atoms with Crippen LogP contribution in [-0.2, 0) is 6.42 Å². The molecule has 0 spiro atoms. The van der Waals surface area contributed by atoms with Crippen LogP contribution in [0.3, 0.4) is 0 Å². The Morgan fingerprint density at radius 1 is 1.54 bits per heavy atom. The van der Waals surface area contributed by atoms with E-state index >= 15 is 0 Å². The van der Waals surface area contributed by atoms with Gasteiger partial charge in [0.15, 0.2) is 0 Å². The van der Waals surface area contributed by atoms with Crippen LogP contribution in [0.4, 0.5) is 10.1 Å². The number of nitrogens with one attached hydrogen (secondary N) is 1. The molecule has 7 heteroatoms. The molecule has 1 aromatic carbocycles. The second-order valence-corrected chi connectivity index (χ2v) is 6.21. The van der Waals surface area contributed by atoms with Crippen LogP contribution < -0.4 is 10.1 Å². The second kappa shape index (κ2) is 6.37. The Morgan fingerprint density at radius 3 is 3.08 bits per heavy atom. The van der Waals surface area contributed by atoms with Crippen molar-refractivity contribution in [3.8, 4) is 5.75 Å². The van der Waals surface area contributed by atoms with Crippen LogP contribution >= 0.6 is 0 Å². The van der Waals surface area contributed by atoms with Crippen molar-refractivity contribution in [3.63, 3.8) is 0 Å². The third-order valence-corrected chi connectivity index (χ3v) is 4.05. The van der Waals surface area contributed by atoms with Crippen molar-refractivity contribution in [3.05, 3.63) is 64.0 Å². The third kappa shape index (κ3) is 3.26. The number of ether oxygens (including phenoxy) is 1. The van der Waals surface area contributed by atoms with E-state index in [1.807, 2.05) is 26.0 Å². The van der Waals surface area contributed by atoms with Crippen molar-refractivity contribution in [1.29, 1.82) is 0 Å². The average Bonchev–Trinajstić information content (AvgIpc) is 2.89. The summed E-state index contributed by atoms with van der Waals surface area (Å²) in [7, 11) is 0. The highest BCUT2D eigenvalue weighted by atomic mass is 19.1. The van der Waals surface area contributed by atoms with Gasteiger partial charge in [-0.25, -0.2) is 4.39 Å². The Labute approximate surface area is 139 Å². The highest BCUT2D eigenvalue weighted by Gasteiger charge is 2.37. The van der Waals surface area contributed by atoms with Crippen LogP contribution in [0.2, 0.25) is 0 Å². The third-order valence-electron chi connectivity index (χ3n) is 4.05. The van der Waals surface area contributed by atoms with E-state index in [2.05, 4.69) is 20.3 Å². The lowest BCUT2D eigenvalue weighted by Crippen LogP contribution is -2.33. The van der Waals surface area contributed by atoms with E-state index in [0.29, 0.717) is 12.2 Å². The maximum Gasteiger partial charge on any atom is 0.128 e. The van der Waals surface area contributed by atoms with Gasteiger partial charge >= 0.3 is 0 Å². The molecule has 24 heavy (non-hydrogen) atoms. The summed E-state index contributed by atoms with van der Waals surface area (Å²) >= 11 is 0. The predicted octanol–water partition coefficient (Wildman–Crippen LogP) is 4.40. The van der Waals surface area contributed by atoms with E-state index in [0.717, 1.165) is 16.8 Å². The van der Waals surface area contributed by atoms with Gasteiger partial charge < -0.3 is 10.1 Å². The summed E-state index contributed by atoms with van der Waals surface area (Å²) in [6, 6.07) is 6.53. The number of pyridine rings is 1. The number of halogens is 1. The monoisotopic (exact) mass is 327 g/mol. The summed E-state index contributed by atoms with van der Waals surface area (Å²) in [5.41, 5.74) is 10.3. The van der Waals surface area contributed by atoms with Crippen LogP contribution in [-0.4, -0.2) is 17.1 Å². The molecular formula is C17H18FN5O. The first kappa shape index (κ1) is 16.1. The minimum absolute atomic E-state index is 0.166. The molecule has 0 saturated carbocycles. The van der Waals surface area contributed by atoms with Gasteiger partial charge in [0.2, 0.25) is 0 Å². The van der Waals surface area contributed by atoms with Crippen molar-refractivity contribution in [2.24, 2.45) is 5.11 Å². The lowest BCUT2D eigenvalue weighted by Gasteiger charge is -2.23. The fourth-order valence-electron chi connectivity index (χ4n) is 2.98. The Bertz CT molecular complexity index is 791. The zero-order valence-electron chi connectivity index (χ0n) is 13.5. The first-order valence-electron chi connectivity index (χ1n) is 7.69. The van der Waals surface area contributed by atoms with E-state index in [-0.39, 0.29) is 18.4 Å². The fraction of sp³-hybridized carbons (Fsp3) is 0.353. The van der Waals surface area contributed by atoms with Crippen LogP contribution in [0.25, 0.3) is 10.4 Å². The number of rotatable bonds is 5. The highest BCUT2D eigenvalue weighted by Crippen LogP contribution is 2.41. The predicted molar refractivity (Wildman–Crippen MR) is 89.4 cm³/mol. The largest absolute Gasteiger partial charge is 0.486 e. The molecule has 1 aromatic heterocycles. The van der Waals surface area contributed by atoms with Gasteiger partial charge in [-0.15, -0.1) is 0 Å². The first-order chi connectivity index (χ1) is 11.5. The Balaban J connectivity index is 1.90. The van der Waals surface area contributed by atoms with Crippen LogP contribution in [0.15, 0.2) is 41.8 Å². The molecular weight excluding hydrogens is 309 g/mol. The fourth-order valence-corrected chi connectivity index (χ4v) is 2.98. The normalized spacial score (nSPS) is 19.8. The van der Waals surface area contributed by atoms with Crippen LogP contribution in [0.5, 0.6) is 5.75 Å². The lowest BCUT2D eigenvalue weighted by atomic mass is 9.97. The minimum atomic E-state index is -0.648. The summed E-state index contributed by atoms with van der Waals surface area (Å²) in [6.45, 7) is 4.00. The number of hydrogen-bond donors (Lipinski definition) is 1. The van der Waals surface area contributed by atoms with Gasteiger partial charge in [0.1, 0.15) is 17.2 Å². The molecule has 0 fully saturated rings. The van der Waals surface area contributed by atoms with Gasteiger partial charge in [-0.3, -0.25) is 4.98 Å². The number of benzene rings is 1. The topological polar surface area (TPSA) is 82.9 Å². The number of nitrogens with zero attached hydrogens (tertiary/aromatic N) is 4. The number of hydrogen-bond acceptors (Lipinski definition) is 4. The van der Waals surface area contributed by atoms with Crippen molar-refractivity contribution in [2.75, 3.05) is 11.9 Å². The van der Waals surface area contributed by atoms with Crippen molar-refractivity contribution in [1.82, 2.24) is 4.98 Å². The summed E-state index contributed by atoms with van der Waals surface area (Å²) in [5, 5.41) is 6.91. The number of anilines is 1. The Hall–Kier alpha value is -2.79. The molecule has 0 amide bonds. The maximum absolute atomic E-state index is 14.0. The number of fused-ring (bicyclic) bond motifs is 1. The maximum atomic E-state index is 14.0. The number of azide groups is 1. The zero-order valence-corrected chi connectivity index (χ0v) is 13.5.